The van der Waals surface area contributed by atoms with Gasteiger partial charge < -0.3 is 16.0 Å². The summed E-state index contributed by atoms with van der Waals surface area (Å²) in [6.07, 6.45) is 0. The monoisotopic (exact) mass is 259 g/mol. The molecule has 1 heterocycles. The van der Waals surface area contributed by atoms with Crippen LogP contribution in [0.1, 0.15) is 49.5 Å². The Morgan fingerprint density at radius 1 is 1.26 bits per heavy atom. The number of nitrogens with one attached hydrogen (secondary N) is 2. The van der Waals surface area contributed by atoms with Gasteiger partial charge in [-0.15, -0.1) is 0 Å². The van der Waals surface area contributed by atoms with E-state index in [-0.39, 0.29) is 6.04 Å². The molecule has 1 amide bonds. The molecule has 0 fully saturated rings. The van der Waals surface area contributed by atoms with Crippen LogP contribution in [0, 0.1) is 0 Å². The Kier molecular flexibility index (Phi) is 3.51. The van der Waals surface area contributed by atoms with E-state index in [0.29, 0.717) is 17.3 Å². The number of H-pyrrole nitrogens is 1. The minimum Gasteiger partial charge on any atom is -0.369 e. The fraction of sp³-hybridized carbons (Fsp3) is 0.400. The molecule has 4 nitrogen and oxygen atoms in total. The average Bonchev–Trinajstić information content (AvgIpc) is 2.64. The van der Waals surface area contributed by atoms with Crippen molar-refractivity contribution < 1.29 is 4.79 Å². The second-order valence-electron chi connectivity index (χ2n) is 5.50. The van der Waals surface area contributed by atoms with E-state index in [1.54, 1.807) is 0 Å². The molecule has 0 aliphatic rings. The zero-order chi connectivity index (χ0) is 14.2. The van der Waals surface area contributed by atoms with Crippen LogP contribution in [0.15, 0.2) is 18.2 Å². The lowest BCUT2D eigenvalue weighted by atomic mass is 10.0. The highest BCUT2D eigenvalue weighted by Gasteiger charge is 2.17. The zero-order valence-electron chi connectivity index (χ0n) is 11.9. The summed E-state index contributed by atoms with van der Waals surface area (Å²) in [5, 5.41) is 4.11. The van der Waals surface area contributed by atoms with Gasteiger partial charge in [0.05, 0.1) is 5.56 Å². The number of benzene rings is 1. The smallest absolute Gasteiger partial charge is 0.253 e. The van der Waals surface area contributed by atoms with Gasteiger partial charge in [-0.1, -0.05) is 26.0 Å². The van der Waals surface area contributed by atoms with Crippen LogP contribution in [-0.2, 0) is 0 Å². The standard InChI is InChI=1S/C15H21N3O/c1-8(2)10-5-6-11-12(7-10)18-15(17-9(3)4)13(11)14(16)19/h5-9,17-18H,1-4H3,(H2,16,19). The number of primary amides is 1. The molecule has 2 rings (SSSR count). The van der Waals surface area contributed by atoms with Crippen LogP contribution >= 0.6 is 0 Å². The van der Waals surface area contributed by atoms with Crippen LogP contribution < -0.4 is 11.1 Å². The summed E-state index contributed by atoms with van der Waals surface area (Å²) < 4.78 is 0. The molecular formula is C15H21N3O. The first kappa shape index (κ1) is 13.5. The summed E-state index contributed by atoms with van der Waals surface area (Å²) >= 11 is 0. The van der Waals surface area contributed by atoms with Gasteiger partial charge in [-0.3, -0.25) is 4.79 Å². The van der Waals surface area contributed by atoms with Crippen molar-refractivity contribution in [1.29, 1.82) is 0 Å². The van der Waals surface area contributed by atoms with Gasteiger partial charge in [0.1, 0.15) is 5.82 Å². The Morgan fingerprint density at radius 3 is 2.47 bits per heavy atom. The van der Waals surface area contributed by atoms with Crippen molar-refractivity contribution in [3.63, 3.8) is 0 Å². The van der Waals surface area contributed by atoms with Gasteiger partial charge in [-0.2, -0.15) is 0 Å². The van der Waals surface area contributed by atoms with E-state index in [9.17, 15) is 4.79 Å². The number of aromatic nitrogens is 1. The Balaban J connectivity index is 2.62. The lowest BCUT2D eigenvalue weighted by Crippen LogP contribution is -2.17. The molecule has 0 bridgehead atoms. The number of aromatic amines is 1. The van der Waals surface area contributed by atoms with E-state index >= 15 is 0 Å². The highest BCUT2D eigenvalue weighted by Crippen LogP contribution is 2.29. The van der Waals surface area contributed by atoms with E-state index in [4.69, 9.17) is 5.73 Å². The van der Waals surface area contributed by atoms with E-state index in [1.165, 1.54) is 5.56 Å². The number of rotatable bonds is 4. The summed E-state index contributed by atoms with van der Waals surface area (Å²) in [7, 11) is 0. The molecule has 4 N–H and O–H groups in total. The molecule has 0 radical (unpaired) electrons. The molecule has 0 atom stereocenters. The maximum Gasteiger partial charge on any atom is 0.253 e. The van der Waals surface area contributed by atoms with E-state index in [1.807, 2.05) is 26.0 Å². The number of carbonyl (C=O) groups excluding carboxylic acids is 1. The minimum absolute atomic E-state index is 0.232. The topological polar surface area (TPSA) is 70.9 Å². The molecule has 0 saturated heterocycles. The number of amides is 1. The molecule has 0 saturated carbocycles. The van der Waals surface area contributed by atoms with Crippen LogP contribution in [0.3, 0.4) is 0 Å². The third kappa shape index (κ3) is 2.57. The molecule has 1 aromatic carbocycles. The predicted octanol–water partition coefficient (Wildman–Crippen LogP) is 3.21. The van der Waals surface area contributed by atoms with Crippen molar-refractivity contribution in [3.8, 4) is 0 Å². The van der Waals surface area contributed by atoms with Gasteiger partial charge in [-0.05, 0) is 31.4 Å². The molecule has 19 heavy (non-hydrogen) atoms. The van der Waals surface area contributed by atoms with Crippen LogP contribution in [0.25, 0.3) is 10.9 Å². The van der Waals surface area contributed by atoms with E-state index < -0.39 is 5.91 Å². The van der Waals surface area contributed by atoms with Crippen molar-refractivity contribution in [3.05, 3.63) is 29.3 Å². The molecule has 102 valence electrons. The quantitative estimate of drug-likeness (QED) is 0.789. The van der Waals surface area contributed by atoms with Crippen LogP contribution in [-0.4, -0.2) is 16.9 Å². The van der Waals surface area contributed by atoms with Gasteiger partial charge in [0.2, 0.25) is 0 Å². The zero-order valence-corrected chi connectivity index (χ0v) is 11.9. The second-order valence-corrected chi connectivity index (χ2v) is 5.50. The summed E-state index contributed by atoms with van der Waals surface area (Å²) in [5.74, 6) is 0.747. The first-order valence-corrected chi connectivity index (χ1v) is 6.62. The highest BCUT2D eigenvalue weighted by molar-refractivity contribution is 6.11. The maximum absolute atomic E-state index is 11.7. The van der Waals surface area contributed by atoms with Gasteiger partial charge >= 0.3 is 0 Å². The lowest BCUT2D eigenvalue weighted by molar-refractivity contribution is 0.100. The largest absolute Gasteiger partial charge is 0.369 e. The van der Waals surface area contributed by atoms with Crippen LogP contribution in [0.2, 0.25) is 0 Å². The summed E-state index contributed by atoms with van der Waals surface area (Å²) in [5.41, 5.74) is 8.22. The fourth-order valence-corrected chi connectivity index (χ4v) is 2.23. The van der Waals surface area contributed by atoms with E-state index in [2.05, 4.69) is 30.2 Å². The number of anilines is 1. The normalized spacial score (nSPS) is 11.5. The fourth-order valence-electron chi connectivity index (χ4n) is 2.23. The molecular weight excluding hydrogens is 238 g/mol. The first-order chi connectivity index (χ1) is 8.90. The van der Waals surface area contributed by atoms with Crippen LogP contribution in [0.4, 0.5) is 5.82 Å². The van der Waals surface area contributed by atoms with Crippen molar-refractivity contribution >= 4 is 22.6 Å². The molecule has 4 heteroatoms. The summed E-state index contributed by atoms with van der Waals surface area (Å²) in [6.45, 7) is 8.34. The summed E-state index contributed by atoms with van der Waals surface area (Å²) in [6, 6.07) is 6.33. The second kappa shape index (κ2) is 4.96. The molecule has 1 aromatic heterocycles. The number of hydrogen-bond acceptors (Lipinski definition) is 2. The van der Waals surface area contributed by atoms with Gasteiger partial charge in [0, 0.05) is 16.9 Å². The number of hydrogen-bond donors (Lipinski definition) is 3. The van der Waals surface area contributed by atoms with Crippen molar-refractivity contribution in [2.24, 2.45) is 5.73 Å². The molecule has 2 aromatic rings. The highest BCUT2D eigenvalue weighted by atomic mass is 16.1. The molecule has 0 spiro atoms. The predicted molar refractivity (Wildman–Crippen MR) is 79.7 cm³/mol. The summed E-state index contributed by atoms with van der Waals surface area (Å²) in [4.78, 5) is 14.9. The lowest BCUT2D eigenvalue weighted by Gasteiger charge is -2.08. The SMILES string of the molecule is CC(C)Nc1[nH]c2cc(C(C)C)ccc2c1C(N)=O. The Morgan fingerprint density at radius 2 is 1.95 bits per heavy atom. The minimum atomic E-state index is -0.410. The van der Waals surface area contributed by atoms with Gasteiger partial charge in [0.15, 0.2) is 0 Å². The average molecular weight is 259 g/mol. The number of fused-ring (bicyclic) bond motifs is 1. The maximum atomic E-state index is 11.7. The van der Waals surface area contributed by atoms with E-state index in [0.717, 1.165) is 10.9 Å². The Hall–Kier alpha value is -1.97. The molecule has 0 aliphatic carbocycles. The number of carbonyl (C=O) groups is 1. The Bertz CT molecular complexity index is 611. The molecule has 0 unspecified atom stereocenters. The third-order valence-electron chi connectivity index (χ3n) is 3.17. The number of nitrogens with two attached hydrogens (primary N) is 1. The van der Waals surface area contributed by atoms with Crippen molar-refractivity contribution in [2.75, 3.05) is 5.32 Å². The van der Waals surface area contributed by atoms with Gasteiger partial charge in [-0.25, -0.2) is 0 Å². The molecule has 0 aliphatic heterocycles. The van der Waals surface area contributed by atoms with Gasteiger partial charge in [0.25, 0.3) is 5.91 Å². The van der Waals surface area contributed by atoms with Crippen LogP contribution in [0.5, 0.6) is 0 Å². The first-order valence-electron chi connectivity index (χ1n) is 6.62. The van der Waals surface area contributed by atoms with Crippen molar-refractivity contribution in [2.45, 2.75) is 39.7 Å². The third-order valence-corrected chi connectivity index (χ3v) is 3.17. The Labute approximate surface area is 113 Å². The van der Waals surface area contributed by atoms with Crippen molar-refractivity contribution in [1.82, 2.24) is 4.98 Å².